The van der Waals surface area contributed by atoms with Crippen LogP contribution in [-0.4, -0.2) is 63.4 Å². The fraction of sp³-hybridized carbons (Fsp3) is 0.462. The number of hydrogen-bond acceptors (Lipinski definition) is 7. The zero-order valence-corrected chi connectivity index (χ0v) is 21.2. The van der Waals surface area contributed by atoms with Crippen molar-refractivity contribution in [3.63, 3.8) is 0 Å². The van der Waals surface area contributed by atoms with Gasteiger partial charge in [0.05, 0.1) is 39.6 Å². The van der Waals surface area contributed by atoms with E-state index in [-0.39, 0.29) is 6.42 Å². The van der Waals surface area contributed by atoms with Crippen LogP contribution in [0.25, 0.3) is 11.1 Å². The molecule has 1 amide bonds. The van der Waals surface area contributed by atoms with Crippen LogP contribution in [0.15, 0.2) is 36.4 Å². The Morgan fingerprint density at radius 3 is 2.03 bits per heavy atom. The first-order chi connectivity index (χ1) is 16.6. The topological polar surface area (TPSA) is 113 Å². The van der Waals surface area contributed by atoms with Crippen molar-refractivity contribution in [2.75, 3.05) is 34.5 Å². The van der Waals surface area contributed by atoms with Crippen LogP contribution in [0.5, 0.6) is 11.5 Å². The maximum atomic E-state index is 12.0. The highest BCUT2D eigenvalue weighted by Crippen LogP contribution is 2.40. The van der Waals surface area contributed by atoms with Gasteiger partial charge in [0, 0.05) is 13.5 Å². The van der Waals surface area contributed by atoms with Crippen molar-refractivity contribution >= 4 is 12.1 Å². The molecule has 0 aliphatic rings. The van der Waals surface area contributed by atoms with Gasteiger partial charge in [0.15, 0.2) is 0 Å². The predicted octanol–water partition coefficient (Wildman–Crippen LogP) is 4.05. The van der Waals surface area contributed by atoms with Crippen molar-refractivity contribution < 1.29 is 38.4 Å². The molecular formula is C26H35NO8. The average molecular weight is 490 g/mol. The van der Waals surface area contributed by atoms with E-state index in [4.69, 9.17) is 23.7 Å². The summed E-state index contributed by atoms with van der Waals surface area (Å²) in [4.78, 5) is 23.7. The lowest BCUT2D eigenvalue weighted by Gasteiger charge is -2.22. The number of ether oxygens (including phenoxy) is 5. The number of aliphatic carboxylic acids is 1. The number of hydrogen-bond donors (Lipinski definition) is 2. The molecule has 0 heterocycles. The van der Waals surface area contributed by atoms with Crippen LogP contribution in [0.3, 0.4) is 0 Å². The molecule has 0 saturated carbocycles. The number of rotatable bonds is 12. The molecule has 1 atom stereocenters. The van der Waals surface area contributed by atoms with Gasteiger partial charge in [-0.25, -0.2) is 9.59 Å². The maximum Gasteiger partial charge on any atom is 0.408 e. The van der Waals surface area contributed by atoms with Gasteiger partial charge in [-0.1, -0.05) is 24.3 Å². The lowest BCUT2D eigenvalue weighted by molar-refractivity contribution is -0.139. The van der Waals surface area contributed by atoms with Gasteiger partial charge in [-0.15, -0.1) is 0 Å². The summed E-state index contributed by atoms with van der Waals surface area (Å²) >= 11 is 0. The van der Waals surface area contributed by atoms with Crippen molar-refractivity contribution in [1.29, 1.82) is 0 Å². The number of carboxylic acids is 1. The second-order valence-corrected chi connectivity index (χ2v) is 8.86. The molecular weight excluding hydrogens is 454 g/mol. The molecule has 0 aliphatic heterocycles. The number of carbonyl (C=O) groups excluding carboxylic acids is 1. The third kappa shape index (κ3) is 8.77. The number of nitrogens with one attached hydrogen (secondary N) is 1. The van der Waals surface area contributed by atoms with Crippen LogP contribution >= 0.6 is 0 Å². The minimum absolute atomic E-state index is 0.0981. The highest BCUT2D eigenvalue weighted by atomic mass is 16.6. The fourth-order valence-electron chi connectivity index (χ4n) is 3.36. The van der Waals surface area contributed by atoms with Crippen LogP contribution < -0.4 is 14.8 Å². The molecule has 0 aromatic heterocycles. The van der Waals surface area contributed by atoms with Crippen molar-refractivity contribution in [3.05, 3.63) is 47.5 Å². The SMILES string of the molecule is COCCOCc1cc(OC)c(-c2ccc(C[C@H](NC(=O)OC(C)(C)C)C(=O)O)cc2)c(OC)c1. The van der Waals surface area contributed by atoms with Crippen LogP contribution in [0, 0.1) is 0 Å². The molecule has 0 radical (unpaired) electrons. The van der Waals surface area contributed by atoms with Crippen molar-refractivity contribution in [3.8, 4) is 22.6 Å². The van der Waals surface area contributed by atoms with E-state index in [2.05, 4.69) is 5.32 Å². The number of benzene rings is 2. The van der Waals surface area contributed by atoms with Crippen molar-refractivity contribution in [2.45, 2.75) is 45.4 Å². The smallest absolute Gasteiger partial charge is 0.408 e. The number of carboxylic acid groups (broad SMARTS) is 1. The minimum Gasteiger partial charge on any atom is -0.496 e. The molecule has 2 aromatic carbocycles. The van der Waals surface area contributed by atoms with Gasteiger partial charge in [0.1, 0.15) is 23.1 Å². The number of carbonyl (C=O) groups is 2. The van der Waals surface area contributed by atoms with E-state index in [9.17, 15) is 14.7 Å². The van der Waals surface area contributed by atoms with Gasteiger partial charge < -0.3 is 34.1 Å². The molecule has 9 nitrogen and oxygen atoms in total. The first-order valence-electron chi connectivity index (χ1n) is 11.2. The number of alkyl carbamates (subject to hydrolysis) is 1. The summed E-state index contributed by atoms with van der Waals surface area (Å²) in [6.07, 6.45) is -0.678. The van der Waals surface area contributed by atoms with E-state index in [1.165, 1.54) is 0 Å². The molecule has 9 heteroatoms. The second-order valence-electron chi connectivity index (χ2n) is 8.86. The predicted molar refractivity (Wildman–Crippen MR) is 131 cm³/mol. The van der Waals surface area contributed by atoms with Gasteiger partial charge in [0.2, 0.25) is 0 Å². The quantitative estimate of drug-likeness (QED) is 0.430. The molecule has 2 N–H and O–H groups in total. The summed E-state index contributed by atoms with van der Waals surface area (Å²) in [5, 5.41) is 12.0. The van der Waals surface area contributed by atoms with E-state index in [0.717, 1.165) is 22.3 Å². The van der Waals surface area contributed by atoms with Crippen molar-refractivity contribution in [1.82, 2.24) is 5.32 Å². The Balaban J connectivity index is 2.21. The Morgan fingerprint density at radius 2 is 1.54 bits per heavy atom. The standard InChI is InChI=1S/C26H35NO8/c1-26(2,3)35-25(30)27-20(24(28)29)13-17-7-9-19(10-8-17)23-21(32-5)14-18(15-22(23)33-6)16-34-12-11-31-4/h7-10,14-15,20H,11-13,16H2,1-6H3,(H,27,30)(H,28,29)/t20-/m0/s1. The van der Waals surface area contributed by atoms with Crippen molar-refractivity contribution in [2.24, 2.45) is 0 Å². The number of methoxy groups -OCH3 is 3. The maximum absolute atomic E-state index is 12.0. The third-order valence-corrected chi connectivity index (χ3v) is 4.94. The summed E-state index contributed by atoms with van der Waals surface area (Å²) < 4.78 is 27.0. The third-order valence-electron chi connectivity index (χ3n) is 4.94. The molecule has 0 unspecified atom stereocenters. The van der Waals surface area contributed by atoms with E-state index < -0.39 is 23.7 Å². The van der Waals surface area contributed by atoms with E-state index in [1.54, 1.807) is 42.1 Å². The first kappa shape index (κ1) is 27.9. The molecule has 192 valence electrons. The molecule has 2 rings (SSSR count). The van der Waals surface area contributed by atoms with Crippen LogP contribution in [0.2, 0.25) is 0 Å². The molecule has 0 saturated heterocycles. The molecule has 35 heavy (non-hydrogen) atoms. The van der Waals surface area contributed by atoms with Gasteiger partial charge in [-0.05, 0) is 49.6 Å². The summed E-state index contributed by atoms with van der Waals surface area (Å²) in [5.41, 5.74) is 2.51. The lowest BCUT2D eigenvalue weighted by Crippen LogP contribution is -2.44. The Labute approximate surface area is 206 Å². The Kier molecular flexibility index (Phi) is 10.4. The van der Waals surface area contributed by atoms with Crippen LogP contribution in [0.4, 0.5) is 4.79 Å². The van der Waals surface area contributed by atoms with Crippen LogP contribution in [-0.2, 0) is 32.0 Å². The molecule has 0 fully saturated rings. The summed E-state index contributed by atoms with van der Waals surface area (Å²) in [5.74, 6) is 0.0986. The first-order valence-corrected chi connectivity index (χ1v) is 11.2. The van der Waals surface area contributed by atoms with Gasteiger partial charge in [-0.2, -0.15) is 0 Å². The fourth-order valence-corrected chi connectivity index (χ4v) is 3.36. The molecule has 0 bridgehead atoms. The Morgan fingerprint density at radius 1 is 0.943 bits per heavy atom. The highest BCUT2D eigenvalue weighted by Gasteiger charge is 2.24. The molecule has 0 spiro atoms. The zero-order chi connectivity index (χ0) is 26.0. The molecule has 0 aliphatic carbocycles. The summed E-state index contributed by atoms with van der Waals surface area (Å²) in [7, 11) is 4.79. The van der Waals surface area contributed by atoms with Gasteiger partial charge in [0.25, 0.3) is 0 Å². The Hall–Kier alpha value is -3.30. The minimum atomic E-state index is -1.15. The largest absolute Gasteiger partial charge is 0.496 e. The van der Waals surface area contributed by atoms with E-state index in [0.29, 0.717) is 31.3 Å². The monoisotopic (exact) mass is 489 g/mol. The van der Waals surface area contributed by atoms with E-state index in [1.807, 2.05) is 36.4 Å². The lowest BCUT2D eigenvalue weighted by atomic mass is 9.98. The van der Waals surface area contributed by atoms with Gasteiger partial charge in [-0.3, -0.25) is 0 Å². The summed E-state index contributed by atoms with van der Waals surface area (Å²) in [6, 6.07) is 9.99. The van der Waals surface area contributed by atoms with E-state index >= 15 is 0 Å². The Bertz CT molecular complexity index is 957. The van der Waals surface area contributed by atoms with Gasteiger partial charge >= 0.3 is 12.1 Å². The highest BCUT2D eigenvalue weighted by molar-refractivity contribution is 5.81. The average Bonchev–Trinajstić information content (AvgIpc) is 2.80. The zero-order valence-electron chi connectivity index (χ0n) is 21.2. The van der Waals surface area contributed by atoms with Crippen LogP contribution in [0.1, 0.15) is 31.9 Å². The number of amides is 1. The normalized spacial score (nSPS) is 12.1. The molecule has 2 aromatic rings. The second kappa shape index (κ2) is 13.0. The summed E-state index contributed by atoms with van der Waals surface area (Å²) in [6.45, 7) is 6.51.